The fraction of sp³-hybridized carbons (Fsp3) is 0.174. The zero-order valence-electron chi connectivity index (χ0n) is 19.0. The molecule has 1 atom stereocenters. The van der Waals surface area contributed by atoms with E-state index < -0.39 is 28.0 Å². The summed E-state index contributed by atoms with van der Waals surface area (Å²) in [4.78, 5) is 24.0. The third-order valence-electron chi connectivity index (χ3n) is 4.79. The fourth-order valence-electron chi connectivity index (χ4n) is 2.92. The lowest BCUT2D eigenvalue weighted by Gasteiger charge is -2.14. The summed E-state index contributed by atoms with van der Waals surface area (Å²) >= 11 is 12.7. The van der Waals surface area contributed by atoms with E-state index in [0.29, 0.717) is 16.3 Å². The number of benzene rings is 2. The number of carboxylic acids is 1. The van der Waals surface area contributed by atoms with Gasteiger partial charge in [-0.25, -0.2) is 18.6 Å². The van der Waals surface area contributed by atoms with Crippen LogP contribution in [0.2, 0.25) is 9.36 Å². The number of aryl methyl sites for hydroxylation is 1. The summed E-state index contributed by atoms with van der Waals surface area (Å²) < 4.78 is 33.5. The molecule has 3 N–H and O–H groups in total. The Labute approximate surface area is 221 Å². The number of ether oxygens (including phenoxy) is 1. The predicted molar refractivity (Wildman–Crippen MR) is 140 cm³/mol. The number of sulfonamides is 1. The second kappa shape index (κ2) is 11.7. The topological polar surface area (TPSA) is 134 Å². The first-order valence-corrected chi connectivity index (χ1v) is 13.5. The highest BCUT2D eigenvalue weighted by Gasteiger charge is 2.21. The number of carboxylic acid groups (broad SMARTS) is 1. The van der Waals surface area contributed by atoms with Gasteiger partial charge in [0.2, 0.25) is 0 Å². The number of aliphatic carboxylic acids is 1. The van der Waals surface area contributed by atoms with Gasteiger partial charge in [0.15, 0.2) is 6.10 Å². The van der Waals surface area contributed by atoms with E-state index in [1.165, 1.54) is 43.5 Å². The second-order valence-corrected chi connectivity index (χ2v) is 11.4. The maximum Gasteiger partial charge on any atom is 0.344 e. The summed E-state index contributed by atoms with van der Waals surface area (Å²) in [6.07, 6.45) is 0.933. The Kier molecular flexibility index (Phi) is 8.96. The highest BCUT2D eigenvalue weighted by Crippen LogP contribution is 2.29. The molecule has 0 radical (unpaired) electrons. The Balaban J connectivity index is 1.83. The molecule has 9 nitrogen and oxygen atoms in total. The van der Waals surface area contributed by atoms with Crippen LogP contribution in [0.4, 0.5) is 5.69 Å². The lowest BCUT2D eigenvalue weighted by atomic mass is 10.1. The molecule has 3 rings (SSSR count). The van der Waals surface area contributed by atoms with Crippen molar-refractivity contribution >= 4 is 68.3 Å². The smallest absolute Gasteiger partial charge is 0.344 e. The molecule has 0 aliphatic rings. The summed E-state index contributed by atoms with van der Waals surface area (Å²) in [6, 6.07) is 12.1. The number of amides is 1. The Morgan fingerprint density at radius 3 is 2.56 bits per heavy atom. The maximum atomic E-state index is 12.8. The first kappa shape index (κ1) is 27.5. The Morgan fingerprint density at radius 1 is 1.17 bits per heavy atom. The minimum absolute atomic E-state index is 0.0268. The molecule has 0 saturated heterocycles. The van der Waals surface area contributed by atoms with E-state index in [1.54, 1.807) is 18.2 Å². The average molecular weight is 570 g/mol. The van der Waals surface area contributed by atoms with Crippen LogP contribution >= 0.6 is 34.5 Å². The minimum atomic E-state index is -4.02. The molecule has 36 heavy (non-hydrogen) atoms. The third kappa shape index (κ3) is 6.97. The molecule has 0 bridgehead atoms. The van der Waals surface area contributed by atoms with Crippen molar-refractivity contribution in [3.05, 3.63) is 74.6 Å². The minimum Gasteiger partial charge on any atom is -0.479 e. The molecule has 1 amide bonds. The Morgan fingerprint density at radius 2 is 1.92 bits per heavy atom. The van der Waals surface area contributed by atoms with E-state index in [1.807, 2.05) is 6.92 Å². The number of hydrogen-bond donors (Lipinski definition) is 3. The quantitative estimate of drug-likeness (QED) is 0.231. The highest BCUT2D eigenvalue weighted by atomic mass is 35.5. The molecule has 1 unspecified atom stereocenters. The lowest BCUT2D eigenvalue weighted by Crippen LogP contribution is -2.23. The van der Waals surface area contributed by atoms with Crippen molar-refractivity contribution < 1.29 is 27.9 Å². The van der Waals surface area contributed by atoms with E-state index in [9.17, 15) is 18.0 Å². The maximum absolute atomic E-state index is 12.8. The van der Waals surface area contributed by atoms with Crippen molar-refractivity contribution in [2.45, 2.75) is 30.6 Å². The molecule has 190 valence electrons. The zero-order chi connectivity index (χ0) is 26.5. The molecule has 0 aliphatic carbocycles. The normalized spacial score (nSPS) is 12.3. The van der Waals surface area contributed by atoms with Crippen molar-refractivity contribution in [2.75, 3.05) is 4.72 Å². The molecule has 13 heteroatoms. The first-order chi connectivity index (χ1) is 17.0. The summed E-state index contributed by atoms with van der Waals surface area (Å²) in [7, 11) is -4.02. The third-order valence-corrected chi connectivity index (χ3v) is 8.11. The zero-order valence-corrected chi connectivity index (χ0v) is 22.1. The van der Waals surface area contributed by atoms with Gasteiger partial charge >= 0.3 is 5.97 Å². The standard InChI is InChI=1S/C23H21Cl2N3O6S2/c1-3-14-4-7-19(34-13(2)23(30)31)15(10-14)12-26-27-22(29)17-6-5-16(24)11-18(17)28-36(32,33)21-9-8-20(25)35-21/h4-13,28H,3H2,1-2H3,(H,27,29)(H,30,31). The molecule has 2 aromatic carbocycles. The van der Waals surface area contributed by atoms with Gasteiger partial charge in [0.05, 0.1) is 21.8 Å². The largest absolute Gasteiger partial charge is 0.479 e. The van der Waals surface area contributed by atoms with Gasteiger partial charge in [0.1, 0.15) is 9.96 Å². The van der Waals surface area contributed by atoms with Gasteiger partial charge in [-0.2, -0.15) is 5.10 Å². The number of nitrogens with one attached hydrogen (secondary N) is 2. The van der Waals surface area contributed by atoms with Crippen molar-refractivity contribution in [1.82, 2.24) is 5.43 Å². The van der Waals surface area contributed by atoms with Gasteiger partial charge < -0.3 is 9.84 Å². The van der Waals surface area contributed by atoms with Crippen molar-refractivity contribution in [2.24, 2.45) is 5.10 Å². The van der Waals surface area contributed by atoms with Crippen LogP contribution in [0.5, 0.6) is 5.75 Å². The summed E-state index contributed by atoms with van der Waals surface area (Å²) in [5, 5.41) is 13.3. The highest BCUT2D eigenvalue weighted by molar-refractivity contribution is 7.94. The monoisotopic (exact) mass is 569 g/mol. The van der Waals surface area contributed by atoms with Crippen molar-refractivity contribution in [1.29, 1.82) is 0 Å². The Bertz CT molecular complexity index is 1420. The molecular formula is C23H21Cl2N3O6S2. The van der Waals surface area contributed by atoms with Gasteiger partial charge in [-0.05, 0) is 61.4 Å². The lowest BCUT2D eigenvalue weighted by molar-refractivity contribution is -0.144. The number of anilines is 1. The Hall–Kier alpha value is -3.12. The number of hydrazone groups is 1. The van der Waals surface area contributed by atoms with Crippen LogP contribution in [0.3, 0.4) is 0 Å². The predicted octanol–water partition coefficient (Wildman–Crippen LogP) is 5.03. The average Bonchev–Trinajstić information content (AvgIpc) is 3.27. The van der Waals surface area contributed by atoms with Gasteiger partial charge in [0.25, 0.3) is 15.9 Å². The number of thiophene rings is 1. The van der Waals surface area contributed by atoms with Crippen LogP contribution in [-0.4, -0.2) is 37.7 Å². The molecule has 1 aromatic heterocycles. The molecular weight excluding hydrogens is 549 g/mol. The van der Waals surface area contributed by atoms with E-state index >= 15 is 0 Å². The molecule has 0 fully saturated rings. The molecule has 1 heterocycles. The van der Waals surface area contributed by atoms with Crippen LogP contribution < -0.4 is 14.9 Å². The van der Waals surface area contributed by atoms with Crippen LogP contribution in [0.25, 0.3) is 0 Å². The molecule has 0 saturated carbocycles. The van der Waals surface area contributed by atoms with Crippen molar-refractivity contribution in [3.63, 3.8) is 0 Å². The fourth-order valence-corrected chi connectivity index (χ4v) is 5.65. The number of rotatable bonds is 10. The SMILES string of the molecule is CCc1ccc(OC(C)C(=O)O)c(C=NNC(=O)c2ccc(Cl)cc2NS(=O)(=O)c2ccc(Cl)s2)c1. The van der Waals surface area contributed by atoms with E-state index in [4.69, 9.17) is 33.0 Å². The molecule has 3 aromatic rings. The number of halogens is 2. The van der Waals surface area contributed by atoms with Crippen molar-refractivity contribution in [3.8, 4) is 5.75 Å². The van der Waals surface area contributed by atoms with Crippen LogP contribution in [0, 0.1) is 0 Å². The van der Waals surface area contributed by atoms with E-state index in [0.717, 1.165) is 16.9 Å². The summed E-state index contributed by atoms with van der Waals surface area (Å²) in [5.41, 5.74) is 3.66. The molecule has 0 aliphatic heterocycles. The van der Waals surface area contributed by atoms with Gasteiger partial charge in [-0.1, -0.05) is 36.2 Å². The number of nitrogens with zero attached hydrogens (tertiary/aromatic N) is 1. The van der Waals surface area contributed by atoms with Gasteiger partial charge in [-0.3, -0.25) is 9.52 Å². The molecule has 0 spiro atoms. The van der Waals surface area contributed by atoms with Crippen LogP contribution in [0.15, 0.2) is 57.8 Å². The van der Waals surface area contributed by atoms with E-state index in [2.05, 4.69) is 15.2 Å². The number of hydrogen-bond acceptors (Lipinski definition) is 7. The van der Waals surface area contributed by atoms with Gasteiger partial charge in [-0.15, -0.1) is 11.3 Å². The first-order valence-electron chi connectivity index (χ1n) is 10.4. The van der Waals surface area contributed by atoms with Gasteiger partial charge in [0, 0.05) is 10.6 Å². The summed E-state index contributed by atoms with van der Waals surface area (Å²) in [5.74, 6) is -1.57. The number of carbonyl (C=O) groups excluding carboxylic acids is 1. The summed E-state index contributed by atoms with van der Waals surface area (Å²) in [6.45, 7) is 3.34. The van der Waals surface area contributed by atoms with E-state index in [-0.39, 0.29) is 26.2 Å². The number of carbonyl (C=O) groups is 2. The van der Waals surface area contributed by atoms with Crippen LogP contribution in [0.1, 0.15) is 35.3 Å². The van der Waals surface area contributed by atoms with Crippen LogP contribution in [-0.2, 0) is 21.2 Å². The second-order valence-electron chi connectivity index (χ2n) is 7.38.